The van der Waals surface area contributed by atoms with Gasteiger partial charge in [-0.2, -0.15) is 0 Å². The number of rotatable bonds is 6. The number of nitrogens with one attached hydrogen (secondary N) is 1. The van der Waals surface area contributed by atoms with Crippen molar-refractivity contribution in [1.29, 1.82) is 0 Å². The van der Waals surface area contributed by atoms with Crippen LogP contribution in [0.1, 0.15) is 26.2 Å². The van der Waals surface area contributed by atoms with Crippen LogP contribution in [0.15, 0.2) is 36.7 Å². The number of carbonyl (C=O) groups is 2. The second-order valence-corrected chi connectivity index (χ2v) is 8.09. The van der Waals surface area contributed by atoms with Gasteiger partial charge in [0.05, 0.1) is 28.4 Å². The van der Waals surface area contributed by atoms with Crippen LogP contribution in [0, 0.1) is 5.92 Å². The first-order valence-corrected chi connectivity index (χ1v) is 10.3. The minimum atomic E-state index is -0.963. The Morgan fingerprint density at radius 1 is 1.28 bits per heavy atom. The Balaban J connectivity index is 1.62. The number of carbonyl (C=O) groups excluding carboxylic acids is 1. The summed E-state index contributed by atoms with van der Waals surface area (Å²) in [5, 5.41) is 12.8. The molecule has 1 aliphatic rings. The number of amides is 1. The average molecular weight is 436 g/mol. The molecule has 3 rings (SSSR count). The summed E-state index contributed by atoms with van der Waals surface area (Å²) in [5.41, 5.74) is 2.72. The summed E-state index contributed by atoms with van der Waals surface area (Å²) < 4.78 is 0. The predicted octanol–water partition coefficient (Wildman–Crippen LogP) is 4.25. The van der Waals surface area contributed by atoms with Crippen LogP contribution >= 0.6 is 23.2 Å². The highest BCUT2D eigenvalue weighted by Crippen LogP contribution is 2.34. The molecule has 2 heterocycles. The van der Waals surface area contributed by atoms with E-state index in [1.54, 1.807) is 19.2 Å². The Bertz CT molecular complexity index is 898. The molecule has 0 saturated carbocycles. The van der Waals surface area contributed by atoms with Crippen molar-refractivity contribution in [2.24, 2.45) is 5.92 Å². The quantitative estimate of drug-likeness (QED) is 0.708. The molecule has 1 aliphatic heterocycles. The number of anilines is 1. The molecule has 2 N–H and O–H groups in total. The number of carboxylic acids is 1. The van der Waals surface area contributed by atoms with Crippen molar-refractivity contribution in [1.82, 2.24) is 10.3 Å². The van der Waals surface area contributed by atoms with Crippen LogP contribution in [-0.2, 0) is 9.59 Å². The summed E-state index contributed by atoms with van der Waals surface area (Å²) in [4.78, 5) is 29.5. The third-order valence-electron chi connectivity index (χ3n) is 5.12. The summed E-state index contributed by atoms with van der Waals surface area (Å²) in [6.45, 7) is 3.18. The minimum absolute atomic E-state index is 0.0495. The Morgan fingerprint density at radius 2 is 2.00 bits per heavy atom. The zero-order valence-electron chi connectivity index (χ0n) is 16.1. The highest BCUT2D eigenvalue weighted by Gasteiger charge is 2.24. The van der Waals surface area contributed by atoms with Gasteiger partial charge in [-0.05, 0) is 25.0 Å². The number of hydrogen-bond acceptors (Lipinski definition) is 4. The molecule has 1 aromatic heterocycles. The summed E-state index contributed by atoms with van der Waals surface area (Å²) in [6.07, 6.45) is 4.99. The third kappa shape index (κ3) is 5.40. The van der Waals surface area contributed by atoms with Crippen LogP contribution in [0.2, 0.25) is 10.0 Å². The zero-order valence-corrected chi connectivity index (χ0v) is 17.6. The first kappa shape index (κ1) is 21.4. The van der Waals surface area contributed by atoms with Crippen LogP contribution in [0.3, 0.4) is 0 Å². The average Bonchev–Trinajstić information content (AvgIpc) is 2.70. The lowest BCUT2D eigenvalue weighted by atomic mass is 10.0. The number of aromatic nitrogens is 1. The van der Waals surface area contributed by atoms with Gasteiger partial charge >= 0.3 is 5.97 Å². The van der Waals surface area contributed by atoms with E-state index in [2.05, 4.69) is 15.2 Å². The molecule has 1 fully saturated rings. The number of carboxylic acid groups (broad SMARTS) is 1. The fourth-order valence-electron chi connectivity index (χ4n) is 3.45. The molecule has 1 saturated heterocycles. The van der Waals surface area contributed by atoms with Crippen LogP contribution in [0.25, 0.3) is 11.1 Å². The molecule has 0 aliphatic carbocycles. The van der Waals surface area contributed by atoms with Gasteiger partial charge < -0.3 is 15.3 Å². The number of nitrogens with zero attached hydrogens (tertiary/aromatic N) is 2. The standard InChI is InChI=1S/C21H23Cl2N3O3/c1-13(9-19(27)28)21(29)25-15-5-7-26(8-6-15)16-10-14(11-24-12-16)17-3-2-4-18(22)20(17)23/h2-4,10-13,15H,5-9H2,1H3,(H,25,29)(H,27,28). The van der Waals surface area contributed by atoms with Gasteiger partial charge in [0, 0.05) is 42.4 Å². The predicted molar refractivity (Wildman–Crippen MR) is 114 cm³/mol. The number of piperidine rings is 1. The number of benzene rings is 1. The van der Waals surface area contributed by atoms with Crippen LogP contribution < -0.4 is 10.2 Å². The van der Waals surface area contributed by atoms with Gasteiger partial charge in [0.25, 0.3) is 0 Å². The maximum Gasteiger partial charge on any atom is 0.304 e. The topological polar surface area (TPSA) is 82.5 Å². The third-order valence-corrected chi connectivity index (χ3v) is 5.94. The molecule has 6 nitrogen and oxygen atoms in total. The molecular formula is C21H23Cl2N3O3. The van der Waals surface area contributed by atoms with E-state index in [0.717, 1.165) is 42.7 Å². The summed E-state index contributed by atoms with van der Waals surface area (Å²) in [7, 11) is 0. The van der Waals surface area contributed by atoms with E-state index in [-0.39, 0.29) is 18.4 Å². The van der Waals surface area contributed by atoms with Crippen LogP contribution in [-0.4, -0.2) is 41.1 Å². The van der Waals surface area contributed by atoms with Gasteiger partial charge in [0.2, 0.25) is 5.91 Å². The maximum atomic E-state index is 12.1. The van der Waals surface area contributed by atoms with E-state index in [1.807, 2.05) is 24.4 Å². The van der Waals surface area contributed by atoms with Gasteiger partial charge in [0.15, 0.2) is 0 Å². The molecule has 1 amide bonds. The summed E-state index contributed by atoms with van der Waals surface area (Å²) in [6, 6.07) is 7.61. The fourth-order valence-corrected chi connectivity index (χ4v) is 3.86. The molecule has 154 valence electrons. The summed E-state index contributed by atoms with van der Waals surface area (Å²) in [5.74, 6) is -1.70. The highest BCUT2D eigenvalue weighted by molar-refractivity contribution is 6.43. The highest BCUT2D eigenvalue weighted by atomic mass is 35.5. The number of halogens is 2. The van der Waals surface area contributed by atoms with Crippen molar-refractivity contribution in [2.75, 3.05) is 18.0 Å². The van der Waals surface area contributed by atoms with Crippen molar-refractivity contribution in [2.45, 2.75) is 32.2 Å². The molecule has 8 heteroatoms. The van der Waals surface area contributed by atoms with Gasteiger partial charge in [-0.15, -0.1) is 0 Å². The molecule has 1 aromatic carbocycles. The van der Waals surface area contributed by atoms with Crippen molar-refractivity contribution in [3.63, 3.8) is 0 Å². The zero-order chi connectivity index (χ0) is 21.0. The molecule has 1 unspecified atom stereocenters. The van der Waals surface area contributed by atoms with E-state index in [9.17, 15) is 9.59 Å². The van der Waals surface area contributed by atoms with Gasteiger partial charge in [-0.3, -0.25) is 14.6 Å². The lowest BCUT2D eigenvalue weighted by Gasteiger charge is -2.34. The van der Waals surface area contributed by atoms with E-state index >= 15 is 0 Å². The van der Waals surface area contributed by atoms with E-state index < -0.39 is 11.9 Å². The van der Waals surface area contributed by atoms with Crippen molar-refractivity contribution < 1.29 is 14.7 Å². The second-order valence-electron chi connectivity index (χ2n) is 7.30. The summed E-state index contributed by atoms with van der Waals surface area (Å²) >= 11 is 12.5. The van der Waals surface area contributed by atoms with Crippen molar-refractivity contribution in [3.8, 4) is 11.1 Å². The molecule has 0 spiro atoms. The van der Waals surface area contributed by atoms with Gasteiger partial charge in [-0.1, -0.05) is 42.3 Å². The minimum Gasteiger partial charge on any atom is -0.481 e. The SMILES string of the molecule is CC(CC(=O)O)C(=O)NC1CCN(c2cncc(-c3cccc(Cl)c3Cl)c2)CC1. The molecule has 29 heavy (non-hydrogen) atoms. The van der Waals surface area contributed by atoms with Gasteiger partial charge in [-0.25, -0.2) is 0 Å². The lowest BCUT2D eigenvalue weighted by molar-refractivity contribution is -0.141. The monoisotopic (exact) mass is 435 g/mol. The van der Waals surface area contributed by atoms with E-state index in [1.165, 1.54) is 0 Å². The largest absolute Gasteiger partial charge is 0.481 e. The molecule has 0 bridgehead atoms. The first-order chi connectivity index (χ1) is 13.8. The van der Waals surface area contributed by atoms with Gasteiger partial charge in [0.1, 0.15) is 0 Å². The Kier molecular flexibility index (Phi) is 6.98. The maximum absolute atomic E-state index is 12.1. The first-order valence-electron chi connectivity index (χ1n) is 9.51. The number of aliphatic carboxylic acids is 1. The number of pyridine rings is 1. The molecule has 0 radical (unpaired) electrons. The van der Waals surface area contributed by atoms with Crippen molar-refractivity contribution in [3.05, 3.63) is 46.7 Å². The number of hydrogen-bond donors (Lipinski definition) is 2. The van der Waals surface area contributed by atoms with E-state index in [0.29, 0.717) is 10.0 Å². The van der Waals surface area contributed by atoms with E-state index in [4.69, 9.17) is 28.3 Å². The normalized spacial score (nSPS) is 15.8. The fraction of sp³-hybridized carbons (Fsp3) is 0.381. The molecule has 1 atom stereocenters. The smallest absolute Gasteiger partial charge is 0.304 e. The Morgan fingerprint density at radius 3 is 2.69 bits per heavy atom. The second kappa shape index (κ2) is 9.46. The van der Waals surface area contributed by atoms with Crippen molar-refractivity contribution >= 4 is 40.8 Å². The Labute approximate surface area is 179 Å². The molecular weight excluding hydrogens is 413 g/mol. The van der Waals surface area contributed by atoms with Crippen LogP contribution in [0.5, 0.6) is 0 Å². The van der Waals surface area contributed by atoms with Crippen LogP contribution in [0.4, 0.5) is 5.69 Å². The molecule has 2 aromatic rings. The Hall–Kier alpha value is -2.31. The lowest BCUT2D eigenvalue weighted by Crippen LogP contribution is -2.46.